The standard InChI is InChI=1S/C24H22F6N2O3S2/c25-23(26,27)22(33,24(28,29)30)18-8-10-19(11-9-18)32-13-12-31(37(34,35)21-7-4-14-36-21)16-20(32)15-17-5-2-1-3-6-17/h1-11,14,20,33H,12-13,15-16H2. The van der Waals surface area contributed by atoms with E-state index in [0.717, 1.165) is 29.0 Å². The van der Waals surface area contributed by atoms with Crippen LogP contribution in [0.15, 0.2) is 76.3 Å². The Kier molecular flexibility index (Phi) is 7.36. The van der Waals surface area contributed by atoms with Crippen molar-refractivity contribution >= 4 is 27.0 Å². The number of piperazine rings is 1. The fraction of sp³-hybridized carbons (Fsp3) is 0.333. The predicted molar refractivity (Wildman–Crippen MR) is 127 cm³/mol. The fourth-order valence-electron chi connectivity index (χ4n) is 4.37. The topological polar surface area (TPSA) is 60.9 Å². The summed E-state index contributed by atoms with van der Waals surface area (Å²) in [6.45, 7) is 0.290. The van der Waals surface area contributed by atoms with Gasteiger partial charge in [0.2, 0.25) is 0 Å². The Morgan fingerprint density at radius 3 is 2.03 bits per heavy atom. The molecule has 1 aliphatic rings. The highest BCUT2D eigenvalue weighted by atomic mass is 32.2. The molecular formula is C24H22F6N2O3S2. The molecule has 0 saturated carbocycles. The zero-order chi connectivity index (χ0) is 27.1. The molecule has 1 aliphatic heterocycles. The van der Waals surface area contributed by atoms with E-state index in [1.54, 1.807) is 16.3 Å². The minimum Gasteiger partial charge on any atom is -0.369 e. The molecule has 1 N–H and O–H groups in total. The summed E-state index contributed by atoms with van der Waals surface area (Å²) in [4.78, 5) is 1.76. The minimum absolute atomic E-state index is 0.0614. The van der Waals surface area contributed by atoms with Crippen LogP contribution in [0, 0.1) is 0 Å². The monoisotopic (exact) mass is 564 g/mol. The van der Waals surface area contributed by atoms with Gasteiger partial charge in [-0.05, 0) is 35.6 Å². The molecular weight excluding hydrogens is 542 g/mol. The molecule has 37 heavy (non-hydrogen) atoms. The number of alkyl halides is 6. The van der Waals surface area contributed by atoms with Gasteiger partial charge in [-0.3, -0.25) is 0 Å². The van der Waals surface area contributed by atoms with E-state index in [-0.39, 0.29) is 23.8 Å². The van der Waals surface area contributed by atoms with E-state index in [0.29, 0.717) is 24.2 Å². The van der Waals surface area contributed by atoms with Crippen LogP contribution in [0.25, 0.3) is 0 Å². The predicted octanol–water partition coefficient (Wildman–Crippen LogP) is 5.18. The number of hydrogen-bond acceptors (Lipinski definition) is 5. The number of sulfonamides is 1. The molecule has 0 aliphatic carbocycles. The summed E-state index contributed by atoms with van der Waals surface area (Å²) >= 11 is 1.08. The Bertz CT molecular complexity index is 1280. The highest BCUT2D eigenvalue weighted by molar-refractivity contribution is 7.91. The summed E-state index contributed by atoms with van der Waals surface area (Å²) < 4.78 is 107. The van der Waals surface area contributed by atoms with Crippen LogP contribution in [-0.4, -0.2) is 55.9 Å². The first-order valence-corrected chi connectivity index (χ1v) is 13.4. The van der Waals surface area contributed by atoms with Crippen molar-refractivity contribution in [2.24, 2.45) is 0 Å². The molecule has 1 saturated heterocycles. The van der Waals surface area contributed by atoms with E-state index in [2.05, 4.69) is 0 Å². The highest BCUT2D eigenvalue weighted by Crippen LogP contribution is 2.50. The van der Waals surface area contributed by atoms with Crippen LogP contribution in [0.1, 0.15) is 11.1 Å². The number of halogens is 6. The molecule has 2 aromatic carbocycles. The van der Waals surface area contributed by atoms with Gasteiger partial charge in [-0.2, -0.15) is 30.6 Å². The van der Waals surface area contributed by atoms with Gasteiger partial charge < -0.3 is 10.0 Å². The first-order valence-electron chi connectivity index (χ1n) is 11.1. The summed E-state index contributed by atoms with van der Waals surface area (Å²) in [5.74, 6) is 0. The molecule has 0 amide bonds. The zero-order valence-corrected chi connectivity index (χ0v) is 20.7. The SMILES string of the molecule is O=S(=O)(c1cccs1)N1CCN(c2ccc(C(O)(C(F)(F)F)C(F)(F)F)cc2)C(Cc2ccccc2)C1. The molecule has 1 unspecified atom stereocenters. The van der Waals surface area contributed by atoms with Crippen molar-refractivity contribution < 1.29 is 39.9 Å². The van der Waals surface area contributed by atoms with E-state index in [1.165, 1.54) is 10.4 Å². The molecule has 1 atom stereocenters. The lowest BCUT2D eigenvalue weighted by molar-refractivity contribution is -0.376. The Labute approximate surface area is 213 Å². The van der Waals surface area contributed by atoms with Crippen molar-refractivity contribution in [2.45, 2.75) is 34.6 Å². The summed E-state index contributed by atoms with van der Waals surface area (Å²) in [6.07, 6.45) is -11.6. The van der Waals surface area contributed by atoms with Crippen LogP contribution >= 0.6 is 11.3 Å². The molecule has 0 spiro atoms. The van der Waals surface area contributed by atoms with Crippen molar-refractivity contribution in [3.8, 4) is 0 Å². The van der Waals surface area contributed by atoms with E-state index in [9.17, 15) is 39.9 Å². The molecule has 1 fully saturated rings. The van der Waals surface area contributed by atoms with Gasteiger partial charge >= 0.3 is 12.4 Å². The Balaban J connectivity index is 1.66. The van der Waals surface area contributed by atoms with Crippen molar-refractivity contribution in [3.63, 3.8) is 0 Å². The normalized spacial score (nSPS) is 18.2. The number of nitrogens with zero attached hydrogens (tertiary/aromatic N) is 2. The second-order valence-corrected chi connectivity index (χ2v) is 11.7. The molecule has 13 heteroatoms. The number of benzene rings is 2. The van der Waals surface area contributed by atoms with Crippen molar-refractivity contribution in [3.05, 3.63) is 83.2 Å². The van der Waals surface area contributed by atoms with E-state index in [4.69, 9.17) is 0 Å². The number of anilines is 1. The Hall–Kier alpha value is -2.61. The number of thiophene rings is 1. The molecule has 1 aromatic heterocycles. The zero-order valence-electron chi connectivity index (χ0n) is 19.1. The number of hydrogen-bond donors (Lipinski definition) is 1. The van der Waals surface area contributed by atoms with Crippen molar-refractivity contribution in [1.29, 1.82) is 0 Å². The third-order valence-corrected chi connectivity index (χ3v) is 9.52. The first kappa shape index (κ1) is 27.4. The molecule has 2 heterocycles. The second kappa shape index (κ2) is 9.93. The largest absolute Gasteiger partial charge is 0.430 e. The quantitative estimate of drug-likeness (QED) is 0.419. The third kappa shape index (κ3) is 5.22. The van der Waals surface area contributed by atoms with Crippen molar-refractivity contribution in [1.82, 2.24) is 4.31 Å². The summed E-state index contributed by atoms with van der Waals surface area (Å²) in [7, 11) is -3.77. The highest BCUT2D eigenvalue weighted by Gasteiger charge is 2.71. The fourth-order valence-corrected chi connectivity index (χ4v) is 6.98. The summed E-state index contributed by atoms with van der Waals surface area (Å²) in [5, 5.41) is 11.3. The van der Waals surface area contributed by atoms with Crippen LogP contribution in [0.2, 0.25) is 0 Å². The van der Waals surface area contributed by atoms with Crippen LogP contribution in [0.4, 0.5) is 32.0 Å². The Morgan fingerprint density at radius 2 is 1.49 bits per heavy atom. The molecule has 200 valence electrons. The van der Waals surface area contributed by atoms with Crippen LogP contribution in [0.3, 0.4) is 0 Å². The molecule has 0 radical (unpaired) electrons. The van der Waals surface area contributed by atoms with Gasteiger partial charge in [-0.1, -0.05) is 48.5 Å². The Morgan fingerprint density at radius 1 is 0.865 bits per heavy atom. The first-order chi connectivity index (χ1) is 17.2. The van der Waals surface area contributed by atoms with Crippen LogP contribution in [-0.2, 0) is 22.0 Å². The molecule has 5 nitrogen and oxygen atoms in total. The summed E-state index contributed by atoms with van der Waals surface area (Å²) in [6, 6.07) is 15.2. The van der Waals surface area contributed by atoms with Crippen LogP contribution in [0.5, 0.6) is 0 Å². The second-order valence-electron chi connectivity index (χ2n) is 8.58. The van der Waals surface area contributed by atoms with Gasteiger partial charge in [0.15, 0.2) is 0 Å². The minimum atomic E-state index is -5.98. The lowest BCUT2D eigenvalue weighted by atomic mass is 9.92. The third-order valence-electron chi connectivity index (χ3n) is 6.29. The molecule has 4 rings (SSSR count). The maximum Gasteiger partial charge on any atom is 0.430 e. The van der Waals surface area contributed by atoms with E-state index < -0.39 is 39.6 Å². The van der Waals surface area contributed by atoms with Gasteiger partial charge in [-0.25, -0.2) is 8.42 Å². The van der Waals surface area contributed by atoms with Crippen LogP contribution < -0.4 is 4.90 Å². The average molecular weight is 565 g/mol. The average Bonchev–Trinajstić information content (AvgIpc) is 3.39. The van der Waals surface area contributed by atoms with Gasteiger partial charge in [-0.15, -0.1) is 11.3 Å². The summed E-state index contributed by atoms with van der Waals surface area (Å²) in [5.41, 5.74) is -5.18. The van der Waals surface area contributed by atoms with Crippen molar-refractivity contribution in [2.75, 3.05) is 24.5 Å². The maximum absolute atomic E-state index is 13.3. The molecule has 0 bridgehead atoms. The molecule has 3 aromatic rings. The van der Waals surface area contributed by atoms with Gasteiger partial charge in [0.25, 0.3) is 15.6 Å². The lowest BCUT2D eigenvalue weighted by Crippen LogP contribution is -2.55. The smallest absolute Gasteiger partial charge is 0.369 e. The number of rotatable bonds is 6. The number of aliphatic hydroxyl groups is 1. The maximum atomic E-state index is 13.3. The van der Waals surface area contributed by atoms with Gasteiger partial charge in [0.05, 0.1) is 0 Å². The van der Waals surface area contributed by atoms with E-state index >= 15 is 0 Å². The lowest BCUT2D eigenvalue weighted by Gasteiger charge is -2.42. The van der Waals surface area contributed by atoms with Gasteiger partial charge in [0.1, 0.15) is 4.21 Å². The van der Waals surface area contributed by atoms with Gasteiger partial charge in [0, 0.05) is 36.9 Å². The van der Waals surface area contributed by atoms with E-state index in [1.807, 2.05) is 30.3 Å².